The summed E-state index contributed by atoms with van der Waals surface area (Å²) in [5, 5.41) is 2.96. The van der Waals surface area contributed by atoms with Crippen molar-refractivity contribution in [1.82, 2.24) is 10.2 Å². The number of carbonyl (C=O) groups is 2. The van der Waals surface area contributed by atoms with Crippen molar-refractivity contribution in [3.05, 3.63) is 63.6 Å². The molecule has 2 atom stereocenters. The molecule has 198 valence electrons. The third-order valence-corrected chi connectivity index (χ3v) is 8.08. The highest BCUT2D eigenvalue weighted by molar-refractivity contribution is 9.10. The van der Waals surface area contributed by atoms with Crippen molar-refractivity contribution < 1.29 is 18.0 Å². The van der Waals surface area contributed by atoms with Crippen molar-refractivity contribution in [3.8, 4) is 0 Å². The molecular formula is C27H38BrN3O4S. The molecule has 9 heteroatoms. The minimum atomic E-state index is -3.54. The number of nitrogens with one attached hydrogen (secondary N) is 1. The molecule has 0 bridgehead atoms. The van der Waals surface area contributed by atoms with Crippen molar-refractivity contribution in [2.24, 2.45) is 0 Å². The first-order chi connectivity index (χ1) is 16.8. The highest BCUT2D eigenvalue weighted by Gasteiger charge is 2.27. The highest BCUT2D eigenvalue weighted by Crippen LogP contribution is 2.25. The van der Waals surface area contributed by atoms with Crippen molar-refractivity contribution in [1.29, 1.82) is 0 Å². The second-order valence-electron chi connectivity index (χ2n) is 9.30. The van der Waals surface area contributed by atoms with Crippen molar-refractivity contribution in [2.75, 3.05) is 17.1 Å². The molecule has 36 heavy (non-hydrogen) atoms. The summed E-state index contributed by atoms with van der Waals surface area (Å²) in [6.45, 7) is 9.93. The van der Waals surface area contributed by atoms with Crippen molar-refractivity contribution in [2.45, 2.75) is 72.5 Å². The van der Waals surface area contributed by atoms with Crippen LogP contribution in [0.5, 0.6) is 0 Å². The number of anilines is 1. The average Bonchev–Trinajstić information content (AvgIpc) is 2.81. The molecule has 0 aliphatic carbocycles. The van der Waals surface area contributed by atoms with Gasteiger partial charge in [0.25, 0.3) is 0 Å². The number of halogens is 1. The van der Waals surface area contributed by atoms with Gasteiger partial charge in [-0.3, -0.25) is 13.9 Å². The van der Waals surface area contributed by atoms with Gasteiger partial charge in [-0.2, -0.15) is 0 Å². The van der Waals surface area contributed by atoms with Gasteiger partial charge >= 0.3 is 0 Å². The zero-order valence-electron chi connectivity index (χ0n) is 22.0. The van der Waals surface area contributed by atoms with E-state index in [2.05, 4.69) is 21.2 Å². The summed E-state index contributed by atoms with van der Waals surface area (Å²) in [6, 6.07) is 12.5. The van der Waals surface area contributed by atoms with E-state index in [4.69, 9.17) is 0 Å². The minimum absolute atomic E-state index is 0.00339. The maximum Gasteiger partial charge on any atom is 0.242 e. The van der Waals surface area contributed by atoms with Gasteiger partial charge in [-0.25, -0.2) is 8.42 Å². The Hall–Kier alpha value is -2.39. The number of carbonyl (C=O) groups excluding carboxylic acids is 2. The Labute approximate surface area is 224 Å². The van der Waals surface area contributed by atoms with Gasteiger partial charge in [0.15, 0.2) is 0 Å². The molecule has 0 saturated heterocycles. The van der Waals surface area contributed by atoms with Crippen LogP contribution < -0.4 is 9.62 Å². The first-order valence-corrected chi connectivity index (χ1v) is 14.9. The molecule has 0 saturated carbocycles. The Bertz CT molecular complexity index is 1170. The maximum atomic E-state index is 13.4. The number of hydrogen-bond acceptors (Lipinski definition) is 4. The molecule has 0 aromatic heterocycles. The lowest BCUT2D eigenvalue weighted by Gasteiger charge is -2.30. The molecule has 2 amide bonds. The monoisotopic (exact) mass is 579 g/mol. The largest absolute Gasteiger partial charge is 0.352 e. The summed E-state index contributed by atoms with van der Waals surface area (Å²) in [5.41, 5.74) is 3.41. The Balaban J connectivity index is 2.21. The lowest BCUT2D eigenvalue weighted by atomic mass is 10.1. The number of rotatable bonds is 12. The van der Waals surface area contributed by atoms with Gasteiger partial charge in [0.2, 0.25) is 21.8 Å². The molecule has 1 N–H and O–H groups in total. The van der Waals surface area contributed by atoms with Crippen LogP contribution in [0.15, 0.2) is 46.9 Å². The molecule has 7 nitrogen and oxygen atoms in total. The predicted molar refractivity (Wildman–Crippen MR) is 149 cm³/mol. The number of sulfonamides is 1. The quantitative estimate of drug-likeness (QED) is 0.385. The zero-order chi connectivity index (χ0) is 27.0. The molecule has 0 radical (unpaired) electrons. The summed E-state index contributed by atoms with van der Waals surface area (Å²) < 4.78 is 27.4. The summed E-state index contributed by atoms with van der Waals surface area (Å²) in [7, 11) is -3.54. The minimum Gasteiger partial charge on any atom is -0.352 e. The fourth-order valence-corrected chi connectivity index (χ4v) is 5.33. The molecule has 0 unspecified atom stereocenters. The molecule has 2 aromatic carbocycles. The zero-order valence-corrected chi connectivity index (χ0v) is 24.4. The maximum absolute atomic E-state index is 13.4. The van der Waals surface area contributed by atoms with E-state index in [9.17, 15) is 18.0 Å². The third kappa shape index (κ3) is 8.34. The summed E-state index contributed by atoms with van der Waals surface area (Å²) in [6.07, 6.45) is 2.41. The fourth-order valence-electron chi connectivity index (χ4n) is 3.87. The molecule has 0 heterocycles. The van der Waals surface area contributed by atoms with Crippen LogP contribution in [0.1, 0.15) is 56.7 Å². The topological polar surface area (TPSA) is 86.8 Å². The Kier molecular flexibility index (Phi) is 11.0. The predicted octanol–water partition coefficient (Wildman–Crippen LogP) is 4.94. The van der Waals surface area contributed by atoms with Gasteiger partial charge in [-0.1, -0.05) is 47.1 Å². The van der Waals surface area contributed by atoms with Crippen molar-refractivity contribution in [3.63, 3.8) is 0 Å². The van der Waals surface area contributed by atoms with Gasteiger partial charge in [-0.15, -0.1) is 0 Å². The van der Waals surface area contributed by atoms with Crippen LogP contribution in [0.25, 0.3) is 0 Å². The summed E-state index contributed by atoms with van der Waals surface area (Å²) in [4.78, 5) is 27.8. The third-order valence-electron chi connectivity index (χ3n) is 6.41. The number of amides is 2. The molecule has 0 aliphatic rings. The number of benzene rings is 2. The van der Waals surface area contributed by atoms with Crippen LogP contribution in [0.4, 0.5) is 5.69 Å². The summed E-state index contributed by atoms with van der Waals surface area (Å²) in [5.74, 6) is -0.406. The van der Waals surface area contributed by atoms with Gasteiger partial charge in [0, 0.05) is 30.0 Å². The van der Waals surface area contributed by atoms with Gasteiger partial charge in [0.05, 0.1) is 11.9 Å². The van der Waals surface area contributed by atoms with E-state index in [1.54, 1.807) is 17.9 Å². The Morgan fingerprint density at radius 3 is 2.36 bits per heavy atom. The first-order valence-electron chi connectivity index (χ1n) is 12.2. The standard InChI is InChI=1S/C27H38BrN3O4S/c1-7-20(3)29-27(33)22(5)30(18-23-12-9-13-24(28)17-23)26(32)15-10-16-31(36(6,34)35)25-14-8-11-19(2)21(25)4/h8-9,11-14,17,20,22H,7,10,15-16,18H2,1-6H3,(H,29,33)/t20-,22-/m0/s1. The molecular weight excluding hydrogens is 542 g/mol. The SMILES string of the molecule is CC[C@H](C)NC(=O)[C@H](C)N(Cc1cccc(Br)c1)C(=O)CCCN(c1cccc(C)c1C)S(C)(=O)=O. The van der Waals surface area contributed by atoms with Crippen LogP contribution in [-0.2, 0) is 26.2 Å². The smallest absolute Gasteiger partial charge is 0.242 e. The van der Waals surface area contributed by atoms with E-state index in [-0.39, 0.29) is 37.4 Å². The van der Waals surface area contributed by atoms with Gasteiger partial charge < -0.3 is 10.2 Å². The second kappa shape index (κ2) is 13.2. The van der Waals surface area contributed by atoms with E-state index in [0.29, 0.717) is 12.1 Å². The van der Waals surface area contributed by atoms with E-state index in [1.807, 2.05) is 64.1 Å². The van der Waals surface area contributed by atoms with Crippen LogP contribution >= 0.6 is 15.9 Å². The van der Waals surface area contributed by atoms with E-state index in [0.717, 1.165) is 27.6 Å². The first kappa shape index (κ1) is 29.8. The van der Waals surface area contributed by atoms with E-state index in [1.165, 1.54) is 10.6 Å². The normalized spacial score (nSPS) is 13.1. The van der Waals surface area contributed by atoms with Crippen LogP contribution in [0, 0.1) is 13.8 Å². The van der Waals surface area contributed by atoms with Crippen LogP contribution in [0.2, 0.25) is 0 Å². The number of nitrogens with zero attached hydrogens (tertiary/aromatic N) is 2. The second-order valence-corrected chi connectivity index (χ2v) is 12.1. The molecule has 0 spiro atoms. The number of aryl methyl sites for hydroxylation is 1. The molecule has 0 aliphatic heterocycles. The average molecular weight is 581 g/mol. The summed E-state index contributed by atoms with van der Waals surface area (Å²) >= 11 is 3.46. The lowest BCUT2D eigenvalue weighted by molar-refractivity contribution is -0.140. The van der Waals surface area contributed by atoms with Crippen LogP contribution in [0.3, 0.4) is 0 Å². The molecule has 2 aromatic rings. The fraction of sp³-hybridized carbons (Fsp3) is 0.481. The highest BCUT2D eigenvalue weighted by atomic mass is 79.9. The Morgan fingerprint density at radius 1 is 1.08 bits per heavy atom. The van der Waals surface area contributed by atoms with Crippen molar-refractivity contribution >= 4 is 43.5 Å². The lowest BCUT2D eigenvalue weighted by Crippen LogP contribution is -2.49. The van der Waals surface area contributed by atoms with E-state index >= 15 is 0 Å². The number of hydrogen-bond donors (Lipinski definition) is 1. The Morgan fingerprint density at radius 2 is 1.75 bits per heavy atom. The molecule has 2 rings (SSSR count). The van der Waals surface area contributed by atoms with E-state index < -0.39 is 16.1 Å². The molecule has 0 fully saturated rings. The van der Waals surface area contributed by atoms with Crippen LogP contribution in [-0.4, -0.2) is 50.0 Å². The van der Waals surface area contributed by atoms with Gasteiger partial charge in [-0.05, 0) is 75.4 Å². The van der Waals surface area contributed by atoms with Gasteiger partial charge in [0.1, 0.15) is 6.04 Å².